The van der Waals surface area contributed by atoms with Crippen molar-refractivity contribution < 1.29 is 24.1 Å². The molecule has 1 N–H and O–H groups in total. The van der Waals surface area contributed by atoms with Gasteiger partial charge in [-0.2, -0.15) is 0 Å². The molecule has 1 heterocycles. The molecule has 1 aliphatic heterocycles. The number of benzene rings is 1. The first-order valence-corrected chi connectivity index (χ1v) is 4.94. The summed E-state index contributed by atoms with van der Waals surface area (Å²) in [5, 5.41) is 8.54. The molecule has 2 rings (SSSR count). The number of hydrogen-bond acceptors (Lipinski definition) is 4. The molecular weight excluding hydrogens is 212 g/mol. The third kappa shape index (κ3) is 2.50. The summed E-state index contributed by atoms with van der Waals surface area (Å²) in [6.45, 7) is 0.708. The van der Waals surface area contributed by atoms with Crippen LogP contribution in [0.5, 0.6) is 5.75 Å². The average Bonchev–Trinajstić information content (AvgIpc) is 2.80. The maximum Gasteiger partial charge on any atom is 0.341 e. The Morgan fingerprint density at radius 1 is 1.38 bits per heavy atom. The lowest BCUT2D eigenvalue weighted by Gasteiger charge is -2.14. The zero-order chi connectivity index (χ0) is 11.4. The van der Waals surface area contributed by atoms with Crippen molar-refractivity contribution in [1.82, 2.24) is 0 Å². The van der Waals surface area contributed by atoms with Crippen LogP contribution in [0.2, 0.25) is 0 Å². The van der Waals surface area contributed by atoms with Crippen LogP contribution in [0.4, 0.5) is 0 Å². The van der Waals surface area contributed by atoms with Crippen molar-refractivity contribution in [2.75, 3.05) is 19.8 Å². The minimum absolute atomic E-state index is 0.371. The normalized spacial score (nSPS) is 16.2. The SMILES string of the molecule is O=C(O)COc1ccccc1C1OCCO1. The van der Waals surface area contributed by atoms with Gasteiger partial charge in [-0.15, -0.1) is 0 Å². The van der Waals surface area contributed by atoms with E-state index in [1.165, 1.54) is 0 Å². The summed E-state index contributed by atoms with van der Waals surface area (Å²) < 4.78 is 15.8. The molecule has 1 aliphatic rings. The van der Waals surface area contributed by atoms with Gasteiger partial charge in [0.05, 0.1) is 13.2 Å². The molecular formula is C11H12O5. The Bertz CT molecular complexity index is 370. The van der Waals surface area contributed by atoms with E-state index < -0.39 is 12.3 Å². The first-order chi connectivity index (χ1) is 7.77. The zero-order valence-electron chi connectivity index (χ0n) is 8.59. The van der Waals surface area contributed by atoms with Gasteiger partial charge in [-0.25, -0.2) is 4.79 Å². The molecule has 1 saturated heterocycles. The number of ether oxygens (including phenoxy) is 3. The number of para-hydroxylation sites is 1. The van der Waals surface area contributed by atoms with Crippen molar-refractivity contribution in [2.24, 2.45) is 0 Å². The van der Waals surface area contributed by atoms with Gasteiger partial charge < -0.3 is 19.3 Å². The van der Waals surface area contributed by atoms with Crippen LogP contribution in [-0.2, 0) is 14.3 Å². The van der Waals surface area contributed by atoms with Gasteiger partial charge in [0.25, 0.3) is 0 Å². The monoisotopic (exact) mass is 224 g/mol. The van der Waals surface area contributed by atoms with E-state index in [-0.39, 0.29) is 6.61 Å². The van der Waals surface area contributed by atoms with Gasteiger partial charge in [-0.05, 0) is 6.07 Å². The van der Waals surface area contributed by atoms with Crippen LogP contribution in [0.3, 0.4) is 0 Å². The lowest BCUT2D eigenvalue weighted by molar-refractivity contribution is -0.139. The van der Waals surface area contributed by atoms with Crippen molar-refractivity contribution in [1.29, 1.82) is 0 Å². The molecule has 5 nitrogen and oxygen atoms in total. The predicted octanol–water partition coefficient (Wildman–Crippen LogP) is 1.20. The summed E-state index contributed by atoms with van der Waals surface area (Å²) >= 11 is 0. The molecule has 1 aromatic carbocycles. The van der Waals surface area contributed by atoms with Crippen LogP contribution in [0.25, 0.3) is 0 Å². The van der Waals surface area contributed by atoms with Crippen molar-refractivity contribution in [3.8, 4) is 5.75 Å². The maximum atomic E-state index is 10.4. The van der Waals surface area contributed by atoms with Gasteiger partial charge in [0, 0.05) is 5.56 Å². The van der Waals surface area contributed by atoms with E-state index in [9.17, 15) is 4.79 Å². The minimum atomic E-state index is -1.01. The minimum Gasteiger partial charge on any atom is -0.481 e. The third-order valence-corrected chi connectivity index (χ3v) is 2.15. The van der Waals surface area contributed by atoms with Crippen LogP contribution in [-0.4, -0.2) is 30.9 Å². The lowest BCUT2D eigenvalue weighted by Crippen LogP contribution is -2.11. The zero-order valence-corrected chi connectivity index (χ0v) is 8.59. The second-order valence-corrected chi connectivity index (χ2v) is 3.29. The van der Waals surface area contributed by atoms with Crippen molar-refractivity contribution in [3.63, 3.8) is 0 Å². The van der Waals surface area contributed by atoms with Gasteiger partial charge in [0.2, 0.25) is 0 Å². The van der Waals surface area contributed by atoms with Gasteiger partial charge >= 0.3 is 5.97 Å². The fourth-order valence-corrected chi connectivity index (χ4v) is 1.48. The number of aliphatic carboxylic acids is 1. The molecule has 1 fully saturated rings. The topological polar surface area (TPSA) is 65.0 Å². The highest BCUT2D eigenvalue weighted by atomic mass is 16.7. The number of carbonyl (C=O) groups is 1. The number of carboxylic acid groups (broad SMARTS) is 1. The molecule has 0 aromatic heterocycles. The lowest BCUT2D eigenvalue weighted by atomic mass is 10.2. The molecule has 86 valence electrons. The van der Waals surface area contributed by atoms with Crippen molar-refractivity contribution in [2.45, 2.75) is 6.29 Å². The van der Waals surface area contributed by atoms with Gasteiger partial charge in [0.1, 0.15) is 5.75 Å². The van der Waals surface area contributed by atoms with E-state index >= 15 is 0 Å². The predicted molar refractivity (Wildman–Crippen MR) is 54.2 cm³/mol. The van der Waals surface area contributed by atoms with Crippen LogP contribution in [0.1, 0.15) is 11.9 Å². The van der Waals surface area contributed by atoms with Gasteiger partial charge in [0.15, 0.2) is 12.9 Å². The van der Waals surface area contributed by atoms with Crippen molar-refractivity contribution >= 4 is 5.97 Å². The average molecular weight is 224 g/mol. The van der Waals surface area contributed by atoms with E-state index in [1.807, 2.05) is 6.07 Å². The van der Waals surface area contributed by atoms with Crippen LogP contribution < -0.4 is 4.74 Å². The molecule has 0 unspecified atom stereocenters. The molecule has 0 spiro atoms. The Morgan fingerprint density at radius 2 is 2.06 bits per heavy atom. The van der Waals surface area contributed by atoms with Gasteiger partial charge in [-0.3, -0.25) is 0 Å². The van der Waals surface area contributed by atoms with Gasteiger partial charge in [-0.1, -0.05) is 18.2 Å². The Hall–Kier alpha value is -1.59. The molecule has 0 amide bonds. The van der Waals surface area contributed by atoms with E-state index in [4.69, 9.17) is 19.3 Å². The molecule has 1 aromatic rings. The summed E-state index contributed by atoms with van der Waals surface area (Å²) in [5.74, 6) is -0.528. The van der Waals surface area contributed by atoms with E-state index in [2.05, 4.69) is 0 Å². The van der Waals surface area contributed by atoms with Crippen molar-refractivity contribution in [3.05, 3.63) is 29.8 Å². The highest BCUT2D eigenvalue weighted by molar-refractivity contribution is 5.68. The fourth-order valence-electron chi connectivity index (χ4n) is 1.48. The third-order valence-electron chi connectivity index (χ3n) is 2.15. The van der Waals surface area contributed by atoms with Crippen LogP contribution in [0.15, 0.2) is 24.3 Å². The molecule has 0 aliphatic carbocycles. The molecule has 0 radical (unpaired) electrons. The second kappa shape index (κ2) is 4.96. The number of rotatable bonds is 4. The number of carboxylic acids is 1. The summed E-state index contributed by atoms with van der Waals surface area (Å²) in [5.41, 5.74) is 0.723. The van der Waals surface area contributed by atoms with Crippen LogP contribution >= 0.6 is 0 Å². The fraction of sp³-hybridized carbons (Fsp3) is 0.364. The Labute approximate surface area is 92.5 Å². The molecule has 0 atom stereocenters. The van der Waals surface area contributed by atoms with Crippen LogP contribution in [0, 0.1) is 0 Å². The highest BCUT2D eigenvalue weighted by Gasteiger charge is 2.21. The Morgan fingerprint density at radius 3 is 2.75 bits per heavy atom. The Kier molecular flexibility index (Phi) is 3.38. The van der Waals surface area contributed by atoms with E-state index in [0.29, 0.717) is 19.0 Å². The largest absolute Gasteiger partial charge is 0.481 e. The maximum absolute atomic E-state index is 10.4. The second-order valence-electron chi connectivity index (χ2n) is 3.29. The Balaban J connectivity index is 2.13. The van der Waals surface area contributed by atoms with E-state index in [1.54, 1.807) is 18.2 Å². The summed E-state index contributed by atoms with van der Waals surface area (Å²) in [4.78, 5) is 10.4. The molecule has 0 saturated carbocycles. The first-order valence-electron chi connectivity index (χ1n) is 4.94. The summed E-state index contributed by atoms with van der Waals surface area (Å²) in [6.07, 6.45) is -0.454. The first kappa shape index (κ1) is 10.9. The highest BCUT2D eigenvalue weighted by Crippen LogP contribution is 2.30. The summed E-state index contributed by atoms with van der Waals surface area (Å²) in [6, 6.07) is 7.10. The standard InChI is InChI=1S/C11H12O5/c12-10(13)7-16-9-4-2-1-3-8(9)11-14-5-6-15-11/h1-4,11H,5-7H2,(H,12,13). The summed E-state index contributed by atoms with van der Waals surface area (Å²) in [7, 11) is 0. The quantitative estimate of drug-likeness (QED) is 0.832. The van der Waals surface area contributed by atoms with E-state index in [0.717, 1.165) is 5.56 Å². The molecule has 5 heteroatoms. The molecule has 16 heavy (non-hydrogen) atoms. The molecule has 0 bridgehead atoms. The smallest absolute Gasteiger partial charge is 0.341 e. The number of hydrogen-bond donors (Lipinski definition) is 1.